The van der Waals surface area contributed by atoms with Gasteiger partial charge in [0.1, 0.15) is 5.75 Å². The molecule has 3 rings (SSSR count). The van der Waals surface area contributed by atoms with Gasteiger partial charge in [0, 0.05) is 17.8 Å². The highest BCUT2D eigenvalue weighted by atomic mass is 16.5. The molecule has 154 valence electrons. The monoisotopic (exact) mass is 395 g/mol. The van der Waals surface area contributed by atoms with Crippen molar-refractivity contribution in [1.29, 1.82) is 0 Å². The first-order valence-corrected chi connectivity index (χ1v) is 10.1. The molecule has 2 aromatic rings. The molecule has 2 N–H and O–H groups in total. The summed E-state index contributed by atoms with van der Waals surface area (Å²) in [5, 5.41) is 6.01. The van der Waals surface area contributed by atoms with Crippen LogP contribution in [0.3, 0.4) is 0 Å². The predicted molar refractivity (Wildman–Crippen MR) is 114 cm³/mol. The Balaban J connectivity index is 1.52. The molecule has 1 fully saturated rings. The summed E-state index contributed by atoms with van der Waals surface area (Å²) in [5.74, 6) is 0.621. The lowest BCUT2D eigenvalue weighted by atomic mass is 9.97. The molecule has 0 unspecified atom stereocenters. The standard InChI is InChI=1S/C23H29N3O3/c1-17(20-12-6-7-13-21(20)29-2)24-22(27)16-26-14-8-9-18(15-26)23(28)25-19-10-4-3-5-11-19/h3-7,10-13,17-18H,8-9,14-16H2,1-2H3,(H,24,27)(H,25,28)/t17-,18-/m0/s1. The molecule has 1 saturated heterocycles. The van der Waals surface area contributed by atoms with E-state index >= 15 is 0 Å². The third kappa shape index (κ3) is 5.81. The van der Waals surface area contributed by atoms with Crippen molar-refractivity contribution < 1.29 is 14.3 Å². The fourth-order valence-electron chi connectivity index (χ4n) is 3.77. The highest BCUT2D eigenvalue weighted by molar-refractivity contribution is 5.92. The number of carbonyl (C=O) groups excluding carboxylic acids is 2. The maximum absolute atomic E-state index is 12.6. The molecule has 2 aromatic carbocycles. The number of methoxy groups -OCH3 is 1. The summed E-state index contributed by atoms with van der Waals surface area (Å²) in [5.41, 5.74) is 1.75. The van der Waals surface area contributed by atoms with E-state index in [1.54, 1.807) is 7.11 Å². The van der Waals surface area contributed by atoms with Gasteiger partial charge in [0.25, 0.3) is 0 Å². The number of para-hydroxylation sites is 2. The van der Waals surface area contributed by atoms with Crippen LogP contribution in [-0.2, 0) is 9.59 Å². The van der Waals surface area contributed by atoms with Gasteiger partial charge in [0.05, 0.1) is 25.6 Å². The zero-order valence-electron chi connectivity index (χ0n) is 17.1. The quantitative estimate of drug-likeness (QED) is 0.755. The molecular weight excluding hydrogens is 366 g/mol. The summed E-state index contributed by atoms with van der Waals surface area (Å²) in [6, 6.07) is 17.0. The molecule has 0 bridgehead atoms. The Labute approximate surface area is 172 Å². The molecule has 0 aliphatic carbocycles. The van der Waals surface area contributed by atoms with Crippen LogP contribution in [0.4, 0.5) is 5.69 Å². The average molecular weight is 396 g/mol. The zero-order valence-corrected chi connectivity index (χ0v) is 17.1. The first kappa shape index (κ1) is 20.9. The lowest BCUT2D eigenvalue weighted by Crippen LogP contribution is -2.45. The highest BCUT2D eigenvalue weighted by Gasteiger charge is 2.27. The summed E-state index contributed by atoms with van der Waals surface area (Å²) in [6.07, 6.45) is 1.75. The van der Waals surface area contributed by atoms with Gasteiger partial charge in [-0.3, -0.25) is 14.5 Å². The molecule has 0 radical (unpaired) electrons. The average Bonchev–Trinajstić information content (AvgIpc) is 2.74. The molecule has 0 spiro atoms. The number of nitrogens with zero attached hydrogens (tertiary/aromatic N) is 1. The highest BCUT2D eigenvalue weighted by Crippen LogP contribution is 2.24. The van der Waals surface area contributed by atoms with Crippen molar-refractivity contribution >= 4 is 17.5 Å². The molecule has 1 aliphatic rings. The minimum Gasteiger partial charge on any atom is -0.496 e. The van der Waals surface area contributed by atoms with Gasteiger partial charge in [-0.15, -0.1) is 0 Å². The van der Waals surface area contributed by atoms with Crippen molar-refractivity contribution in [2.24, 2.45) is 5.92 Å². The van der Waals surface area contributed by atoms with Gasteiger partial charge in [-0.05, 0) is 44.5 Å². The van der Waals surface area contributed by atoms with E-state index in [0.717, 1.165) is 36.4 Å². The van der Waals surface area contributed by atoms with Gasteiger partial charge in [0.2, 0.25) is 11.8 Å². The van der Waals surface area contributed by atoms with Gasteiger partial charge in [-0.2, -0.15) is 0 Å². The van der Waals surface area contributed by atoms with Gasteiger partial charge < -0.3 is 15.4 Å². The number of ether oxygens (including phenoxy) is 1. The van der Waals surface area contributed by atoms with E-state index in [1.807, 2.05) is 61.5 Å². The van der Waals surface area contributed by atoms with Crippen LogP contribution in [0.2, 0.25) is 0 Å². The normalized spacial score (nSPS) is 17.9. The van der Waals surface area contributed by atoms with Crippen LogP contribution < -0.4 is 15.4 Å². The maximum Gasteiger partial charge on any atom is 0.234 e. The fraction of sp³-hybridized carbons (Fsp3) is 0.391. The Morgan fingerprint density at radius 2 is 1.86 bits per heavy atom. The van der Waals surface area contributed by atoms with E-state index in [2.05, 4.69) is 15.5 Å². The summed E-state index contributed by atoms with van der Waals surface area (Å²) in [7, 11) is 1.63. The number of piperidine rings is 1. The number of anilines is 1. The van der Waals surface area contributed by atoms with Gasteiger partial charge >= 0.3 is 0 Å². The molecule has 0 aromatic heterocycles. The smallest absolute Gasteiger partial charge is 0.234 e. The second-order valence-electron chi connectivity index (χ2n) is 7.46. The van der Waals surface area contributed by atoms with Crippen molar-refractivity contribution in [2.75, 3.05) is 32.1 Å². The Morgan fingerprint density at radius 1 is 1.14 bits per heavy atom. The second-order valence-corrected chi connectivity index (χ2v) is 7.46. The lowest BCUT2D eigenvalue weighted by Gasteiger charge is -2.31. The molecule has 6 nitrogen and oxygen atoms in total. The third-order valence-corrected chi connectivity index (χ3v) is 5.27. The number of rotatable bonds is 7. The SMILES string of the molecule is COc1ccccc1[C@H](C)NC(=O)CN1CCC[C@H](C(=O)Nc2ccccc2)C1. The summed E-state index contributed by atoms with van der Waals surface area (Å²) >= 11 is 0. The molecule has 0 saturated carbocycles. The molecule has 29 heavy (non-hydrogen) atoms. The van der Waals surface area contributed by atoms with Crippen molar-refractivity contribution in [3.63, 3.8) is 0 Å². The van der Waals surface area contributed by atoms with E-state index in [-0.39, 0.29) is 30.3 Å². The number of hydrogen-bond donors (Lipinski definition) is 2. The van der Waals surface area contributed by atoms with E-state index in [0.29, 0.717) is 6.54 Å². The number of hydrogen-bond acceptors (Lipinski definition) is 4. The second kappa shape index (κ2) is 10.1. The maximum atomic E-state index is 12.6. The number of amides is 2. The Bertz CT molecular complexity index is 825. The predicted octanol–water partition coefficient (Wildman–Crippen LogP) is 3.22. The van der Waals surface area contributed by atoms with Crippen molar-refractivity contribution in [3.05, 3.63) is 60.2 Å². The van der Waals surface area contributed by atoms with Gasteiger partial charge in [0.15, 0.2) is 0 Å². The Kier molecular flexibility index (Phi) is 7.25. The Morgan fingerprint density at radius 3 is 2.62 bits per heavy atom. The first-order chi connectivity index (χ1) is 14.1. The molecule has 1 heterocycles. The van der Waals surface area contributed by atoms with Crippen LogP contribution >= 0.6 is 0 Å². The van der Waals surface area contributed by atoms with E-state index in [4.69, 9.17) is 4.74 Å². The van der Waals surface area contributed by atoms with E-state index in [9.17, 15) is 9.59 Å². The summed E-state index contributed by atoms with van der Waals surface area (Å²) in [4.78, 5) is 27.2. The fourth-order valence-corrected chi connectivity index (χ4v) is 3.77. The van der Waals surface area contributed by atoms with Crippen LogP contribution in [0.15, 0.2) is 54.6 Å². The largest absolute Gasteiger partial charge is 0.496 e. The van der Waals surface area contributed by atoms with Crippen LogP contribution in [0.1, 0.15) is 31.4 Å². The first-order valence-electron chi connectivity index (χ1n) is 10.1. The van der Waals surface area contributed by atoms with Crippen molar-refractivity contribution in [3.8, 4) is 5.75 Å². The molecule has 2 atom stereocenters. The topological polar surface area (TPSA) is 70.7 Å². The number of carbonyl (C=O) groups is 2. The molecular formula is C23H29N3O3. The minimum atomic E-state index is -0.152. The van der Waals surface area contributed by atoms with Crippen LogP contribution in [0.25, 0.3) is 0 Å². The van der Waals surface area contributed by atoms with Gasteiger partial charge in [-0.25, -0.2) is 0 Å². The number of nitrogens with one attached hydrogen (secondary N) is 2. The molecule has 1 aliphatic heterocycles. The number of benzene rings is 2. The minimum absolute atomic E-state index is 0.0173. The Hall–Kier alpha value is -2.86. The molecule has 6 heteroatoms. The zero-order chi connectivity index (χ0) is 20.6. The van der Waals surface area contributed by atoms with Crippen LogP contribution in [0.5, 0.6) is 5.75 Å². The van der Waals surface area contributed by atoms with Crippen LogP contribution in [-0.4, -0.2) is 43.5 Å². The van der Waals surface area contributed by atoms with Gasteiger partial charge in [-0.1, -0.05) is 36.4 Å². The third-order valence-electron chi connectivity index (χ3n) is 5.27. The summed E-state index contributed by atoms with van der Waals surface area (Å²) in [6.45, 7) is 3.65. The van der Waals surface area contributed by atoms with E-state index < -0.39 is 0 Å². The van der Waals surface area contributed by atoms with Crippen LogP contribution in [0, 0.1) is 5.92 Å². The molecule has 2 amide bonds. The lowest BCUT2D eigenvalue weighted by molar-refractivity contribution is -0.126. The summed E-state index contributed by atoms with van der Waals surface area (Å²) < 4.78 is 5.38. The van der Waals surface area contributed by atoms with Crippen molar-refractivity contribution in [1.82, 2.24) is 10.2 Å². The van der Waals surface area contributed by atoms with E-state index in [1.165, 1.54) is 0 Å². The van der Waals surface area contributed by atoms with Crippen molar-refractivity contribution in [2.45, 2.75) is 25.8 Å². The number of likely N-dealkylation sites (tertiary alicyclic amines) is 1.